The number of amidine groups is 1. The van der Waals surface area contributed by atoms with Gasteiger partial charge < -0.3 is 5.73 Å². The number of hydrogen-bond acceptors (Lipinski definition) is 7. The summed E-state index contributed by atoms with van der Waals surface area (Å²) < 4.78 is 1.07. The fraction of sp³-hybridized carbons (Fsp3) is 0.333. The maximum Gasteiger partial charge on any atom is 0.155 e. The maximum absolute atomic E-state index is 7.27. The molecule has 0 aliphatic rings. The molecular formula is C12H19ClN8. The molecule has 0 saturated heterocycles. The number of aromatic nitrogens is 1. The van der Waals surface area contributed by atoms with Crippen molar-refractivity contribution in [3.63, 3.8) is 0 Å². The first-order valence-corrected chi connectivity index (χ1v) is 6.50. The van der Waals surface area contributed by atoms with Gasteiger partial charge in [-0.1, -0.05) is 0 Å². The van der Waals surface area contributed by atoms with Crippen molar-refractivity contribution in [2.45, 2.75) is 13.0 Å². The standard InChI is InChI=1S/C12H19ClN8/c1-9(19-20(3)16-2)7-18-12(21(13)8-14)10-5-4-6-17-11(10)15/h4-6,8-9,14,19H,2,7H2,1,3H3,(H2,15,17)/b14-8?,18-12-. The summed E-state index contributed by atoms with van der Waals surface area (Å²) in [5, 5.41) is 12.5. The third kappa shape index (κ3) is 5.01. The molecule has 0 saturated carbocycles. The second-order valence-corrected chi connectivity index (χ2v) is 4.60. The van der Waals surface area contributed by atoms with Crippen LogP contribution >= 0.6 is 11.8 Å². The van der Waals surface area contributed by atoms with Crippen molar-refractivity contribution in [2.75, 3.05) is 19.3 Å². The van der Waals surface area contributed by atoms with E-state index in [9.17, 15) is 0 Å². The Morgan fingerprint density at radius 1 is 1.71 bits per heavy atom. The van der Waals surface area contributed by atoms with Gasteiger partial charge in [0.1, 0.15) is 12.2 Å². The molecule has 0 spiro atoms. The van der Waals surface area contributed by atoms with Crippen LogP contribution in [0.2, 0.25) is 0 Å². The van der Waals surface area contributed by atoms with Gasteiger partial charge in [0.15, 0.2) is 5.84 Å². The van der Waals surface area contributed by atoms with Crippen LogP contribution in [0.1, 0.15) is 12.5 Å². The molecule has 0 amide bonds. The summed E-state index contributed by atoms with van der Waals surface area (Å²) in [4.78, 5) is 8.40. The summed E-state index contributed by atoms with van der Waals surface area (Å²) in [6, 6.07) is 3.46. The van der Waals surface area contributed by atoms with Crippen LogP contribution in [0.15, 0.2) is 28.4 Å². The van der Waals surface area contributed by atoms with Gasteiger partial charge in [-0.2, -0.15) is 5.10 Å². The average molecular weight is 311 g/mol. The molecule has 0 aliphatic carbocycles. The van der Waals surface area contributed by atoms with Crippen molar-refractivity contribution < 1.29 is 0 Å². The number of halogens is 1. The highest BCUT2D eigenvalue weighted by Gasteiger charge is 2.14. The van der Waals surface area contributed by atoms with E-state index in [2.05, 4.69) is 27.2 Å². The number of hydrazone groups is 1. The number of nitrogens with two attached hydrogens (primary N) is 1. The Bertz CT molecular complexity index is 518. The van der Waals surface area contributed by atoms with E-state index in [1.807, 2.05) is 6.92 Å². The lowest BCUT2D eigenvalue weighted by atomic mass is 10.2. The molecule has 1 unspecified atom stereocenters. The van der Waals surface area contributed by atoms with Crippen LogP contribution in [0.5, 0.6) is 0 Å². The van der Waals surface area contributed by atoms with Gasteiger partial charge in [-0.25, -0.2) is 19.9 Å². The van der Waals surface area contributed by atoms with Gasteiger partial charge >= 0.3 is 0 Å². The molecule has 1 atom stereocenters. The predicted molar refractivity (Wildman–Crippen MR) is 86.4 cm³/mol. The lowest BCUT2D eigenvalue weighted by molar-refractivity contribution is 0.218. The molecule has 1 aromatic rings. The molecule has 1 rings (SSSR count). The zero-order valence-corrected chi connectivity index (χ0v) is 12.7. The van der Waals surface area contributed by atoms with Crippen molar-refractivity contribution in [3.8, 4) is 0 Å². The van der Waals surface area contributed by atoms with Crippen LogP contribution in [0.4, 0.5) is 5.82 Å². The second kappa shape index (κ2) is 8.18. The number of hydrogen-bond donors (Lipinski definition) is 3. The Morgan fingerprint density at radius 2 is 2.43 bits per heavy atom. The fourth-order valence-electron chi connectivity index (χ4n) is 1.56. The number of nitrogens with one attached hydrogen (secondary N) is 2. The lowest BCUT2D eigenvalue weighted by Crippen LogP contribution is -2.39. The molecule has 9 heteroatoms. The van der Waals surface area contributed by atoms with Gasteiger partial charge in [0.2, 0.25) is 0 Å². The van der Waals surface area contributed by atoms with Crippen LogP contribution in [0, 0.1) is 5.41 Å². The number of hydrazine groups is 1. The molecular weight excluding hydrogens is 292 g/mol. The summed E-state index contributed by atoms with van der Waals surface area (Å²) >= 11 is 5.97. The lowest BCUT2D eigenvalue weighted by Gasteiger charge is -2.20. The van der Waals surface area contributed by atoms with E-state index < -0.39 is 0 Å². The maximum atomic E-state index is 7.27. The van der Waals surface area contributed by atoms with Gasteiger partial charge in [-0.3, -0.25) is 10.4 Å². The second-order valence-electron chi connectivity index (χ2n) is 4.24. The summed E-state index contributed by atoms with van der Waals surface area (Å²) in [7, 11) is 1.73. The van der Waals surface area contributed by atoms with Crippen molar-refractivity contribution in [1.82, 2.24) is 19.9 Å². The SMILES string of the molecule is C=NN(C)NC(C)C/N=C(/c1cccnc1N)N(Cl)C=N. The number of aliphatic imine (C=N–C) groups is 1. The topological polar surface area (TPSA) is 106 Å². The summed E-state index contributed by atoms with van der Waals surface area (Å²) in [5.74, 6) is 0.661. The number of pyridine rings is 1. The van der Waals surface area contributed by atoms with E-state index in [0.717, 1.165) is 10.8 Å². The molecule has 0 radical (unpaired) electrons. The minimum Gasteiger partial charge on any atom is -0.383 e. The Morgan fingerprint density at radius 3 is 3.00 bits per heavy atom. The minimum atomic E-state index is -0.0100. The quantitative estimate of drug-likeness (QED) is 0.300. The Labute approximate surface area is 128 Å². The average Bonchev–Trinajstić information content (AvgIpc) is 2.48. The number of anilines is 1. The molecule has 0 fully saturated rings. The fourth-order valence-corrected chi connectivity index (χ4v) is 1.70. The Kier molecular flexibility index (Phi) is 6.57. The first-order valence-electron chi connectivity index (χ1n) is 6.17. The summed E-state index contributed by atoms with van der Waals surface area (Å²) in [6.45, 7) is 5.74. The number of rotatable bonds is 7. The van der Waals surface area contributed by atoms with Crippen molar-refractivity contribution in [1.29, 1.82) is 5.41 Å². The van der Waals surface area contributed by atoms with E-state index in [1.54, 1.807) is 25.4 Å². The first kappa shape index (κ1) is 16.9. The molecule has 1 heterocycles. The van der Waals surface area contributed by atoms with Crippen molar-refractivity contribution in [2.24, 2.45) is 10.1 Å². The van der Waals surface area contributed by atoms with Crippen molar-refractivity contribution in [3.05, 3.63) is 23.9 Å². The van der Waals surface area contributed by atoms with E-state index in [4.69, 9.17) is 22.9 Å². The number of nitrogens with zero attached hydrogens (tertiary/aromatic N) is 5. The van der Waals surface area contributed by atoms with Gasteiger partial charge in [0.05, 0.1) is 12.1 Å². The highest BCUT2D eigenvalue weighted by Crippen LogP contribution is 2.13. The van der Waals surface area contributed by atoms with E-state index in [-0.39, 0.29) is 6.04 Å². The van der Waals surface area contributed by atoms with Crippen LogP contribution in [-0.2, 0) is 0 Å². The third-order valence-corrected chi connectivity index (χ3v) is 2.79. The zero-order chi connectivity index (χ0) is 15.8. The zero-order valence-electron chi connectivity index (χ0n) is 12.0. The van der Waals surface area contributed by atoms with Gasteiger partial charge in [0.25, 0.3) is 0 Å². The third-order valence-electron chi connectivity index (χ3n) is 2.53. The molecule has 114 valence electrons. The van der Waals surface area contributed by atoms with Gasteiger partial charge in [-0.05, 0) is 19.1 Å². The number of nitrogen functional groups attached to an aromatic ring is 1. The molecule has 0 bridgehead atoms. The Balaban J connectivity index is 2.93. The van der Waals surface area contributed by atoms with Crippen LogP contribution in [-0.4, -0.2) is 53.0 Å². The monoisotopic (exact) mass is 310 g/mol. The molecule has 0 aromatic carbocycles. The normalized spacial score (nSPS) is 12.6. The molecule has 21 heavy (non-hydrogen) atoms. The van der Waals surface area contributed by atoms with E-state index >= 15 is 0 Å². The smallest absolute Gasteiger partial charge is 0.155 e. The van der Waals surface area contributed by atoms with Gasteiger partial charge in [-0.15, -0.1) is 0 Å². The minimum absolute atomic E-state index is 0.0100. The van der Waals surface area contributed by atoms with Crippen LogP contribution in [0.3, 0.4) is 0 Å². The molecule has 0 aliphatic heterocycles. The van der Waals surface area contributed by atoms with E-state index in [1.165, 1.54) is 5.12 Å². The molecule has 1 aromatic heterocycles. The molecule has 4 N–H and O–H groups in total. The van der Waals surface area contributed by atoms with Crippen molar-refractivity contribution >= 4 is 36.5 Å². The largest absolute Gasteiger partial charge is 0.383 e. The first-order chi connectivity index (χ1) is 9.99. The molecule has 8 nitrogen and oxygen atoms in total. The van der Waals surface area contributed by atoms with Crippen LogP contribution < -0.4 is 11.2 Å². The van der Waals surface area contributed by atoms with Crippen LogP contribution in [0.25, 0.3) is 0 Å². The summed E-state index contributed by atoms with van der Waals surface area (Å²) in [6.07, 6.45) is 2.52. The predicted octanol–water partition coefficient (Wildman–Crippen LogP) is 0.914. The highest BCUT2D eigenvalue weighted by atomic mass is 35.5. The summed E-state index contributed by atoms with van der Waals surface area (Å²) in [5.41, 5.74) is 9.43. The Hall–Kier alpha value is -2.19. The van der Waals surface area contributed by atoms with E-state index in [0.29, 0.717) is 23.8 Å². The van der Waals surface area contributed by atoms with Gasteiger partial charge in [0, 0.05) is 37.8 Å². The highest BCUT2D eigenvalue weighted by molar-refractivity contribution is 6.31.